The average Bonchev–Trinajstić information content (AvgIpc) is 2.90. The lowest BCUT2D eigenvalue weighted by molar-refractivity contribution is 0.105. The minimum absolute atomic E-state index is 0.0452. The number of rotatable bonds is 5. The van der Waals surface area contributed by atoms with Crippen LogP contribution in [0.1, 0.15) is 27.0 Å². The SMILES string of the molecule is COc1ccc2c(c1)/C(=C(/C(=O)c1ccccc1)c1ccccc1)C=C(c1ccccc1)O2. The van der Waals surface area contributed by atoms with Crippen LogP contribution in [-0.2, 0) is 0 Å². The number of fused-ring (bicyclic) bond motifs is 1. The van der Waals surface area contributed by atoms with Gasteiger partial charge in [-0.15, -0.1) is 0 Å². The van der Waals surface area contributed by atoms with Crippen LogP contribution in [0.5, 0.6) is 11.5 Å². The minimum Gasteiger partial charge on any atom is -0.497 e. The molecule has 0 saturated carbocycles. The third-order valence-electron chi connectivity index (χ3n) is 5.63. The van der Waals surface area contributed by atoms with E-state index in [0.717, 1.165) is 22.3 Å². The largest absolute Gasteiger partial charge is 0.497 e. The molecule has 3 nitrogen and oxygen atoms in total. The zero-order valence-electron chi connectivity index (χ0n) is 18.2. The Morgan fingerprint density at radius 1 is 0.727 bits per heavy atom. The summed E-state index contributed by atoms with van der Waals surface area (Å²) < 4.78 is 11.8. The molecule has 5 rings (SSSR count). The molecule has 160 valence electrons. The standard InChI is InChI=1S/C30H22O3/c1-32-24-17-18-27-25(19-24)26(20-28(33-27)21-11-5-2-6-12-21)29(22-13-7-3-8-14-22)30(31)23-15-9-4-10-16-23/h2-20H,1H3/b29-26+. The fourth-order valence-corrected chi connectivity index (χ4v) is 3.99. The molecule has 0 aliphatic carbocycles. The monoisotopic (exact) mass is 430 g/mol. The summed E-state index contributed by atoms with van der Waals surface area (Å²) in [7, 11) is 1.63. The van der Waals surface area contributed by atoms with Crippen molar-refractivity contribution in [2.45, 2.75) is 0 Å². The second kappa shape index (κ2) is 9.01. The summed E-state index contributed by atoms with van der Waals surface area (Å²) in [5.74, 6) is 2.03. The Hall–Kier alpha value is -4.37. The van der Waals surface area contributed by atoms with Gasteiger partial charge in [0.15, 0.2) is 5.78 Å². The zero-order chi connectivity index (χ0) is 22.6. The number of ketones is 1. The van der Waals surface area contributed by atoms with E-state index in [1.807, 2.05) is 115 Å². The molecule has 0 radical (unpaired) electrons. The Morgan fingerprint density at radius 3 is 1.97 bits per heavy atom. The summed E-state index contributed by atoms with van der Waals surface area (Å²) in [4.78, 5) is 13.9. The fraction of sp³-hybridized carbons (Fsp3) is 0.0333. The highest BCUT2D eigenvalue weighted by Gasteiger charge is 2.26. The van der Waals surface area contributed by atoms with Gasteiger partial charge >= 0.3 is 0 Å². The molecule has 4 aromatic carbocycles. The van der Waals surface area contributed by atoms with E-state index in [2.05, 4.69) is 0 Å². The van der Waals surface area contributed by atoms with Crippen LogP contribution in [0.3, 0.4) is 0 Å². The third kappa shape index (κ3) is 4.09. The van der Waals surface area contributed by atoms with E-state index < -0.39 is 0 Å². The van der Waals surface area contributed by atoms with Crippen molar-refractivity contribution in [3.63, 3.8) is 0 Å². The van der Waals surface area contributed by atoms with E-state index in [1.54, 1.807) is 7.11 Å². The Bertz CT molecular complexity index is 1350. The number of ether oxygens (including phenoxy) is 2. The lowest BCUT2D eigenvalue weighted by atomic mass is 9.87. The molecule has 0 spiro atoms. The number of methoxy groups -OCH3 is 1. The van der Waals surface area contributed by atoms with Gasteiger partial charge in [-0.05, 0) is 29.8 Å². The lowest BCUT2D eigenvalue weighted by Gasteiger charge is -2.23. The molecule has 0 fully saturated rings. The Labute approximate surface area is 193 Å². The molecule has 0 N–H and O–H groups in total. The molecule has 1 heterocycles. The number of carbonyl (C=O) groups is 1. The topological polar surface area (TPSA) is 35.5 Å². The van der Waals surface area contributed by atoms with Gasteiger partial charge in [-0.2, -0.15) is 0 Å². The molecule has 1 aliphatic heterocycles. The Morgan fingerprint density at radius 2 is 1.33 bits per heavy atom. The van der Waals surface area contributed by atoms with Crippen molar-refractivity contribution in [2.24, 2.45) is 0 Å². The lowest BCUT2D eigenvalue weighted by Crippen LogP contribution is -2.10. The predicted octanol–water partition coefficient (Wildman–Crippen LogP) is 6.92. The molecule has 0 atom stereocenters. The maximum Gasteiger partial charge on any atom is 0.194 e. The van der Waals surface area contributed by atoms with Gasteiger partial charge in [0.05, 0.1) is 7.11 Å². The summed E-state index contributed by atoms with van der Waals surface area (Å²) in [5, 5.41) is 0. The Kier molecular flexibility index (Phi) is 5.61. The van der Waals surface area contributed by atoms with Gasteiger partial charge in [0.2, 0.25) is 0 Å². The van der Waals surface area contributed by atoms with Gasteiger partial charge in [0, 0.05) is 27.8 Å². The molecule has 0 amide bonds. The number of hydrogen-bond donors (Lipinski definition) is 0. The predicted molar refractivity (Wildman–Crippen MR) is 132 cm³/mol. The van der Waals surface area contributed by atoms with Crippen LogP contribution in [0.15, 0.2) is 115 Å². The maximum atomic E-state index is 13.9. The molecule has 1 aliphatic rings. The quantitative estimate of drug-likeness (QED) is 0.255. The van der Waals surface area contributed by atoms with E-state index in [4.69, 9.17) is 9.47 Å². The van der Waals surface area contributed by atoms with Crippen LogP contribution in [-0.4, -0.2) is 12.9 Å². The van der Waals surface area contributed by atoms with Crippen molar-refractivity contribution in [2.75, 3.05) is 7.11 Å². The average molecular weight is 431 g/mol. The fourth-order valence-electron chi connectivity index (χ4n) is 3.99. The molecular weight excluding hydrogens is 408 g/mol. The second-order valence-corrected chi connectivity index (χ2v) is 7.69. The van der Waals surface area contributed by atoms with E-state index >= 15 is 0 Å². The van der Waals surface area contributed by atoms with Crippen LogP contribution in [0.4, 0.5) is 0 Å². The van der Waals surface area contributed by atoms with Gasteiger partial charge in [0.1, 0.15) is 17.3 Å². The van der Waals surface area contributed by atoms with Crippen LogP contribution in [0, 0.1) is 0 Å². The summed E-state index contributed by atoms with van der Waals surface area (Å²) in [6, 6.07) is 34.7. The van der Waals surface area contributed by atoms with E-state index in [1.165, 1.54) is 0 Å². The zero-order valence-corrected chi connectivity index (χ0v) is 18.2. The number of hydrogen-bond acceptors (Lipinski definition) is 3. The van der Waals surface area contributed by atoms with Crippen LogP contribution in [0.2, 0.25) is 0 Å². The highest BCUT2D eigenvalue weighted by Crippen LogP contribution is 2.43. The van der Waals surface area contributed by atoms with Gasteiger partial charge in [0.25, 0.3) is 0 Å². The number of carbonyl (C=O) groups excluding carboxylic acids is 1. The van der Waals surface area contributed by atoms with Gasteiger partial charge in [-0.1, -0.05) is 91.0 Å². The summed E-state index contributed by atoms with van der Waals surface area (Å²) in [6.45, 7) is 0. The second-order valence-electron chi connectivity index (χ2n) is 7.69. The molecule has 4 aromatic rings. The molecular formula is C30H22O3. The highest BCUT2D eigenvalue weighted by atomic mass is 16.5. The van der Waals surface area contributed by atoms with Crippen LogP contribution >= 0.6 is 0 Å². The first-order valence-electron chi connectivity index (χ1n) is 10.8. The smallest absolute Gasteiger partial charge is 0.194 e. The molecule has 3 heteroatoms. The Balaban J connectivity index is 1.82. The number of Topliss-reactive ketones (excluding diaryl/α,β-unsaturated/α-hetero) is 1. The first kappa shape index (κ1) is 20.5. The summed E-state index contributed by atoms with van der Waals surface area (Å²) in [6.07, 6.45) is 1.96. The van der Waals surface area contributed by atoms with Crippen molar-refractivity contribution >= 4 is 22.7 Å². The molecule has 0 unspecified atom stereocenters. The molecule has 0 bridgehead atoms. The molecule has 33 heavy (non-hydrogen) atoms. The first-order valence-corrected chi connectivity index (χ1v) is 10.8. The van der Waals surface area contributed by atoms with Crippen molar-refractivity contribution in [1.29, 1.82) is 0 Å². The van der Waals surface area contributed by atoms with E-state index in [9.17, 15) is 4.79 Å². The third-order valence-corrected chi connectivity index (χ3v) is 5.63. The highest BCUT2D eigenvalue weighted by molar-refractivity contribution is 6.36. The summed E-state index contributed by atoms with van der Waals surface area (Å²) >= 11 is 0. The summed E-state index contributed by atoms with van der Waals surface area (Å²) in [5.41, 5.74) is 4.66. The number of allylic oxidation sites excluding steroid dienone is 3. The van der Waals surface area contributed by atoms with Crippen molar-refractivity contribution in [1.82, 2.24) is 0 Å². The van der Waals surface area contributed by atoms with Gasteiger partial charge < -0.3 is 9.47 Å². The first-order chi connectivity index (χ1) is 16.2. The van der Waals surface area contributed by atoms with Gasteiger partial charge in [-0.3, -0.25) is 4.79 Å². The van der Waals surface area contributed by atoms with Crippen molar-refractivity contribution in [3.05, 3.63) is 138 Å². The molecule has 0 saturated heterocycles. The van der Waals surface area contributed by atoms with E-state index in [-0.39, 0.29) is 5.78 Å². The normalized spacial score (nSPS) is 13.9. The maximum absolute atomic E-state index is 13.9. The minimum atomic E-state index is -0.0452. The van der Waals surface area contributed by atoms with Crippen LogP contribution in [0.25, 0.3) is 16.9 Å². The van der Waals surface area contributed by atoms with Crippen molar-refractivity contribution in [3.8, 4) is 11.5 Å². The number of benzene rings is 4. The molecule has 0 aromatic heterocycles. The van der Waals surface area contributed by atoms with Crippen LogP contribution < -0.4 is 9.47 Å². The van der Waals surface area contributed by atoms with Crippen molar-refractivity contribution < 1.29 is 14.3 Å². The van der Waals surface area contributed by atoms with E-state index in [0.29, 0.717) is 28.4 Å². The van der Waals surface area contributed by atoms with Gasteiger partial charge in [-0.25, -0.2) is 0 Å².